The van der Waals surface area contributed by atoms with E-state index in [0.717, 1.165) is 0 Å². The van der Waals surface area contributed by atoms with Crippen LogP contribution in [0.15, 0.2) is 62.1 Å². The molecule has 176 valence electrons. The second-order valence-electron chi connectivity index (χ2n) is 7.41. The minimum Gasteiger partial charge on any atom is -0.477 e. The summed E-state index contributed by atoms with van der Waals surface area (Å²) in [6.45, 7) is 0. The van der Waals surface area contributed by atoms with Gasteiger partial charge in [0.25, 0.3) is 5.91 Å². The highest BCUT2D eigenvalue weighted by atomic mass is 32.2. The van der Waals surface area contributed by atoms with Gasteiger partial charge >= 0.3 is 5.97 Å². The maximum Gasteiger partial charge on any atom is 0.352 e. The predicted octanol–water partition coefficient (Wildman–Crippen LogP) is 0.918. The van der Waals surface area contributed by atoms with Gasteiger partial charge in [0.1, 0.15) is 22.9 Å². The molecule has 1 fully saturated rings. The fourth-order valence-corrected chi connectivity index (χ4v) is 6.03. The van der Waals surface area contributed by atoms with Crippen molar-refractivity contribution in [3.05, 3.63) is 53.8 Å². The van der Waals surface area contributed by atoms with Crippen molar-refractivity contribution in [1.82, 2.24) is 25.1 Å². The molecular formula is C20H18N6O6S2. The summed E-state index contributed by atoms with van der Waals surface area (Å²) in [6.07, 6.45) is 2.95. The molecular weight excluding hydrogens is 484 g/mol. The topological polar surface area (TPSA) is 170 Å². The lowest BCUT2D eigenvalue weighted by Gasteiger charge is -2.49. The van der Waals surface area contributed by atoms with Gasteiger partial charge in [0.2, 0.25) is 16.9 Å². The third-order valence-corrected chi connectivity index (χ3v) is 7.63. The number of aromatic nitrogens is 3. The Morgan fingerprint density at radius 2 is 2.06 bits per heavy atom. The standard InChI is InChI=1S/C20H18N6O6S2/c21-26-16(12-4-2-6-32-12)23-24-20(26)34-9-10-8-33-18-14(17(28)25(18)15(10)19(29)30)22-13(27)7-11-3-1-5-31-11/h1-6,14,18H,7-9,21H2,(H,22,27)(H,29,30)/t14-,18-/m1/s1. The highest BCUT2D eigenvalue weighted by Gasteiger charge is 2.54. The third kappa shape index (κ3) is 3.94. The van der Waals surface area contributed by atoms with Crippen molar-refractivity contribution in [2.75, 3.05) is 17.3 Å². The molecule has 0 bridgehead atoms. The van der Waals surface area contributed by atoms with Crippen LogP contribution in [0.4, 0.5) is 0 Å². The summed E-state index contributed by atoms with van der Waals surface area (Å²) in [4.78, 5) is 38.3. The highest BCUT2D eigenvalue weighted by molar-refractivity contribution is 8.01. The van der Waals surface area contributed by atoms with Crippen molar-refractivity contribution in [3.8, 4) is 11.6 Å². The Balaban J connectivity index is 1.27. The fourth-order valence-electron chi connectivity index (χ4n) is 3.69. The molecule has 14 heteroatoms. The monoisotopic (exact) mass is 502 g/mol. The molecule has 2 amide bonds. The number of furan rings is 2. The van der Waals surface area contributed by atoms with Gasteiger partial charge in [-0.15, -0.1) is 22.0 Å². The molecule has 0 saturated carbocycles. The van der Waals surface area contributed by atoms with Gasteiger partial charge in [-0.2, -0.15) is 0 Å². The molecule has 5 heterocycles. The number of carbonyl (C=O) groups excluding carboxylic acids is 2. The Morgan fingerprint density at radius 1 is 1.26 bits per heavy atom. The van der Waals surface area contributed by atoms with E-state index >= 15 is 0 Å². The first-order chi connectivity index (χ1) is 16.4. The average Bonchev–Trinajstić information content (AvgIpc) is 3.58. The van der Waals surface area contributed by atoms with E-state index in [1.165, 1.54) is 45.6 Å². The molecule has 0 radical (unpaired) electrons. The second-order valence-corrected chi connectivity index (χ2v) is 9.46. The first-order valence-corrected chi connectivity index (χ1v) is 12.1. The molecule has 3 aromatic rings. The molecule has 0 aromatic carbocycles. The zero-order valence-electron chi connectivity index (χ0n) is 17.4. The van der Waals surface area contributed by atoms with Gasteiger partial charge in [-0.3, -0.25) is 14.5 Å². The summed E-state index contributed by atoms with van der Waals surface area (Å²) in [6, 6.07) is 5.94. The normalized spacial score (nSPS) is 19.6. The molecule has 2 aliphatic heterocycles. The number of rotatable bonds is 8. The summed E-state index contributed by atoms with van der Waals surface area (Å²) in [5, 5.41) is 20.4. The largest absolute Gasteiger partial charge is 0.477 e. The van der Waals surface area contributed by atoms with Gasteiger partial charge in [-0.05, 0) is 29.8 Å². The van der Waals surface area contributed by atoms with E-state index in [2.05, 4.69) is 15.5 Å². The van der Waals surface area contributed by atoms with Crippen LogP contribution in [0.2, 0.25) is 0 Å². The minimum absolute atomic E-state index is 0.00253. The van der Waals surface area contributed by atoms with Crippen LogP contribution in [0.25, 0.3) is 11.6 Å². The lowest BCUT2D eigenvalue weighted by molar-refractivity contribution is -0.150. The fraction of sp³-hybridized carbons (Fsp3) is 0.250. The molecule has 2 aliphatic rings. The van der Waals surface area contributed by atoms with E-state index in [4.69, 9.17) is 14.7 Å². The Hall–Kier alpha value is -3.65. The summed E-state index contributed by atoms with van der Waals surface area (Å²) in [5.74, 6) is 5.90. The van der Waals surface area contributed by atoms with Crippen LogP contribution in [0.5, 0.6) is 0 Å². The van der Waals surface area contributed by atoms with Gasteiger partial charge in [-0.1, -0.05) is 11.8 Å². The number of nitrogen functional groups attached to an aromatic ring is 1. The maximum atomic E-state index is 12.8. The van der Waals surface area contributed by atoms with Crippen LogP contribution in [-0.2, 0) is 20.8 Å². The van der Waals surface area contributed by atoms with E-state index in [1.807, 2.05) is 0 Å². The molecule has 34 heavy (non-hydrogen) atoms. The highest BCUT2D eigenvalue weighted by Crippen LogP contribution is 2.41. The summed E-state index contributed by atoms with van der Waals surface area (Å²) in [7, 11) is 0. The molecule has 0 spiro atoms. The Bertz CT molecular complexity index is 1270. The predicted molar refractivity (Wildman–Crippen MR) is 121 cm³/mol. The van der Waals surface area contributed by atoms with E-state index in [1.54, 1.807) is 24.3 Å². The second kappa shape index (κ2) is 8.95. The molecule has 3 aromatic heterocycles. The SMILES string of the molecule is Nn1c(SCC2=C(C(=O)O)N3C(=O)[C@@H](NC(=O)Cc4ccco4)[C@H]3SC2)nnc1-c1ccco1. The molecule has 0 aliphatic carbocycles. The quantitative estimate of drug-likeness (QED) is 0.227. The van der Waals surface area contributed by atoms with Crippen LogP contribution in [-0.4, -0.2) is 65.6 Å². The van der Waals surface area contributed by atoms with Crippen molar-refractivity contribution in [3.63, 3.8) is 0 Å². The van der Waals surface area contributed by atoms with Gasteiger partial charge in [0.15, 0.2) is 5.76 Å². The number of nitrogens with zero attached hydrogens (tertiary/aromatic N) is 4. The van der Waals surface area contributed by atoms with Crippen LogP contribution < -0.4 is 11.2 Å². The van der Waals surface area contributed by atoms with Gasteiger partial charge in [0.05, 0.1) is 18.9 Å². The number of hydrogen-bond donors (Lipinski definition) is 3. The van der Waals surface area contributed by atoms with E-state index < -0.39 is 23.3 Å². The first-order valence-electron chi connectivity index (χ1n) is 10.0. The number of thioether (sulfide) groups is 2. The zero-order valence-corrected chi connectivity index (χ0v) is 19.0. The van der Waals surface area contributed by atoms with Crippen LogP contribution in [0, 0.1) is 0 Å². The molecule has 4 N–H and O–H groups in total. The van der Waals surface area contributed by atoms with Crippen molar-refractivity contribution in [2.24, 2.45) is 0 Å². The number of nitrogens with two attached hydrogens (primary N) is 1. The molecule has 12 nitrogen and oxygen atoms in total. The van der Waals surface area contributed by atoms with E-state index in [0.29, 0.717) is 33.8 Å². The number of carbonyl (C=O) groups is 3. The Kier molecular flexibility index (Phi) is 5.83. The number of amides is 2. The lowest BCUT2D eigenvalue weighted by Crippen LogP contribution is -2.70. The number of nitrogens with one attached hydrogen (secondary N) is 1. The number of β-lactam (4-membered cyclic amide) rings is 1. The molecule has 2 atom stereocenters. The molecule has 5 rings (SSSR count). The molecule has 0 unspecified atom stereocenters. The summed E-state index contributed by atoms with van der Waals surface area (Å²) in [5.41, 5.74) is 0.474. The zero-order chi connectivity index (χ0) is 23.8. The van der Waals surface area contributed by atoms with Gasteiger partial charge in [0, 0.05) is 11.5 Å². The number of fused-ring (bicyclic) bond motifs is 1. The maximum absolute atomic E-state index is 12.8. The summed E-state index contributed by atoms with van der Waals surface area (Å²) >= 11 is 2.59. The number of carboxylic acid groups (broad SMARTS) is 1. The molecule has 1 saturated heterocycles. The van der Waals surface area contributed by atoms with Crippen LogP contribution in [0.1, 0.15) is 5.76 Å². The first kappa shape index (κ1) is 22.2. The Labute approximate surface area is 200 Å². The summed E-state index contributed by atoms with van der Waals surface area (Å²) < 4.78 is 11.7. The van der Waals surface area contributed by atoms with Crippen molar-refractivity contribution in [2.45, 2.75) is 23.0 Å². The van der Waals surface area contributed by atoms with Crippen molar-refractivity contribution >= 4 is 41.3 Å². The number of carboxylic acids is 1. The lowest BCUT2D eigenvalue weighted by atomic mass is 10.0. The average molecular weight is 503 g/mol. The van der Waals surface area contributed by atoms with Crippen LogP contribution >= 0.6 is 23.5 Å². The minimum atomic E-state index is -1.21. The van der Waals surface area contributed by atoms with Gasteiger partial charge < -0.3 is 25.1 Å². The number of aliphatic carboxylic acids is 1. The third-order valence-electron chi connectivity index (χ3n) is 5.26. The number of hydrogen-bond acceptors (Lipinski definition) is 10. The van der Waals surface area contributed by atoms with E-state index in [-0.39, 0.29) is 23.8 Å². The van der Waals surface area contributed by atoms with Crippen LogP contribution in [0.3, 0.4) is 0 Å². The van der Waals surface area contributed by atoms with E-state index in [9.17, 15) is 19.5 Å². The smallest absolute Gasteiger partial charge is 0.352 e. The van der Waals surface area contributed by atoms with Gasteiger partial charge in [-0.25, -0.2) is 9.47 Å². The van der Waals surface area contributed by atoms with Crippen molar-refractivity contribution < 1.29 is 28.3 Å². The van der Waals surface area contributed by atoms with Crippen molar-refractivity contribution in [1.29, 1.82) is 0 Å². The Morgan fingerprint density at radius 3 is 2.76 bits per heavy atom.